The lowest BCUT2D eigenvalue weighted by atomic mass is 10.0. The molecule has 0 bridgehead atoms. The van der Waals surface area contributed by atoms with Gasteiger partial charge in [-0.3, -0.25) is 28.8 Å². The number of carbonyl (C=O) groups is 6. The Morgan fingerprint density at radius 2 is 1.24 bits per heavy atom. The van der Waals surface area contributed by atoms with E-state index in [0.29, 0.717) is 0 Å². The third kappa shape index (κ3) is 9.51. The van der Waals surface area contributed by atoms with Crippen LogP contribution in [-0.2, 0) is 28.8 Å². The van der Waals surface area contributed by atoms with Crippen molar-refractivity contribution in [2.45, 2.75) is 57.8 Å². The normalized spacial score (nSPS) is 14.8. The van der Waals surface area contributed by atoms with E-state index in [2.05, 4.69) is 16.0 Å². The average molecular weight is 417 g/mol. The molecule has 0 saturated carbocycles. The Morgan fingerprint density at radius 3 is 1.66 bits per heavy atom. The summed E-state index contributed by atoms with van der Waals surface area (Å²) in [6, 6.07) is -5.51. The lowest BCUT2D eigenvalue weighted by molar-refractivity contribution is -0.143. The summed E-state index contributed by atoms with van der Waals surface area (Å²) in [7, 11) is 0. The van der Waals surface area contributed by atoms with Crippen molar-refractivity contribution in [3.05, 3.63) is 0 Å². The molecule has 164 valence electrons. The number of carbonyl (C=O) groups excluding carboxylic acids is 4. The molecule has 4 atom stereocenters. The Balaban J connectivity index is 5.41. The molecule has 0 saturated heterocycles. The standard InChI is InChI=1S/C16H27N5O8/c1-6(2)12(18)15(27)21-9(5-11(23)24)14(26)20-8(4-10(17)22)13(25)19-7(3)16(28)29/h6-9,12H,4-5,18H2,1-3H3,(H2,17,22)(H,19,25)(H,20,26)(H,21,27)(H,23,24)(H,28,29). The number of carboxylic acid groups (broad SMARTS) is 2. The maximum absolute atomic E-state index is 12.4. The van der Waals surface area contributed by atoms with Crippen molar-refractivity contribution in [1.82, 2.24) is 16.0 Å². The molecule has 13 nitrogen and oxygen atoms in total. The molecule has 0 aliphatic rings. The van der Waals surface area contributed by atoms with Crippen LogP contribution in [0.2, 0.25) is 0 Å². The smallest absolute Gasteiger partial charge is 0.325 e. The van der Waals surface area contributed by atoms with Crippen LogP contribution in [0.3, 0.4) is 0 Å². The molecule has 13 heteroatoms. The van der Waals surface area contributed by atoms with Crippen LogP contribution in [0.4, 0.5) is 0 Å². The second-order valence-corrected chi connectivity index (χ2v) is 6.73. The Kier molecular flexibility index (Phi) is 10.3. The lowest BCUT2D eigenvalue weighted by Gasteiger charge is -2.24. The van der Waals surface area contributed by atoms with E-state index < -0.39 is 72.6 Å². The van der Waals surface area contributed by atoms with E-state index in [-0.39, 0.29) is 5.92 Å². The minimum Gasteiger partial charge on any atom is -0.481 e. The van der Waals surface area contributed by atoms with Gasteiger partial charge in [-0.25, -0.2) is 0 Å². The highest BCUT2D eigenvalue weighted by Gasteiger charge is 2.31. The van der Waals surface area contributed by atoms with Crippen molar-refractivity contribution in [2.75, 3.05) is 0 Å². The summed E-state index contributed by atoms with van der Waals surface area (Å²) in [6.07, 6.45) is -1.50. The van der Waals surface area contributed by atoms with Gasteiger partial charge in [0.25, 0.3) is 0 Å². The summed E-state index contributed by atoms with van der Waals surface area (Å²) in [5.74, 6) is -6.94. The van der Waals surface area contributed by atoms with Crippen molar-refractivity contribution in [3.8, 4) is 0 Å². The first-order valence-corrected chi connectivity index (χ1v) is 8.65. The van der Waals surface area contributed by atoms with E-state index in [1.54, 1.807) is 13.8 Å². The fourth-order valence-electron chi connectivity index (χ4n) is 2.01. The first-order chi connectivity index (χ1) is 13.3. The molecule has 0 radical (unpaired) electrons. The molecule has 0 aromatic carbocycles. The lowest BCUT2D eigenvalue weighted by Crippen LogP contribution is -2.58. The van der Waals surface area contributed by atoms with Crippen LogP contribution in [0.15, 0.2) is 0 Å². The monoisotopic (exact) mass is 417 g/mol. The van der Waals surface area contributed by atoms with E-state index in [1.165, 1.54) is 0 Å². The molecule has 4 unspecified atom stereocenters. The summed E-state index contributed by atoms with van der Waals surface area (Å²) < 4.78 is 0. The zero-order chi connectivity index (χ0) is 22.9. The molecule has 0 aromatic heterocycles. The van der Waals surface area contributed by atoms with Crippen molar-refractivity contribution < 1.29 is 39.0 Å². The topological polar surface area (TPSA) is 231 Å². The summed E-state index contributed by atoms with van der Waals surface area (Å²) in [4.78, 5) is 69.8. The Labute approximate surface area is 166 Å². The molecule has 0 rings (SSSR count). The average Bonchev–Trinajstić information content (AvgIpc) is 2.58. The van der Waals surface area contributed by atoms with Crippen LogP contribution < -0.4 is 27.4 Å². The van der Waals surface area contributed by atoms with Crippen LogP contribution in [0, 0.1) is 5.92 Å². The predicted octanol–water partition coefficient (Wildman–Crippen LogP) is -3.12. The highest BCUT2D eigenvalue weighted by atomic mass is 16.4. The minimum atomic E-state index is -1.59. The maximum Gasteiger partial charge on any atom is 0.325 e. The Bertz CT molecular complexity index is 666. The number of rotatable bonds is 12. The van der Waals surface area contributed by atoms with Gasteiger partial charge in [0.1, 0.15) is 18.1 Å². The number of nitrogens with two attached hydrogens (primary N) is 2. The number of carboxylic acids is 2. The van der Waals surface area contributed by atoms with Crippen LogP contribution in [-0.4, -0.2) is 69.9 Å². The number of nitrogens with one attached hydrogen (secondary N) is 3. The molecule has 0 aliphatic heterocycles. The second-order valence-electron chi connectivity index (χ2n) is 6.73. The van der Waals surface area contributed by atoms with E-state index in [4.69, 9.17) is 21.7 Å². The summed E-state index contributed by atoms with van der Waals surface area (Å²) in [5.41, 5.74) is 10.7. The molecule has 0 aromatic rings. The van der Waals surface area contributed by atoms with Crippen molar-refractivity contribution >= 4 is 35.6 Å². The zero-order valence-corrected chi connectivity index (χ0v) is 16.3. The number of primary amides is 1. The van der Waals surface area contributed by atoms with E-state index in [0.717, 1.165) is 6.92 Å². The summed E-state index contributed by atoms with van der Waals surface area (Å²) >= 11 is 0. The van der Waals surface area contributed by atoms with Gasteiger partial charge in [0.2, 0.25) is 23.6 Å². The third-order valence-electron chi connectivity index (χ3n) is 3.80. The van der Waals surface area contributed by atoms with E-state index >= 15 is 0 Å². The number of aliphatic carboxylic acids is 2. The predicted molar refractivity (Wildman–Crippen MR) is 98.0 cm³/mol. The van der Waals surface area contributed by atoms with Gasteiger partial charge in [0.05, 0.1) is 18.9 Å². The summed E-state index contributed by atoms with van der Waals surface area (Å²) in [5, 5.41) is 24.2. The second kappa shape index (κ2) is 11.6. The van der Waals surface area contributed by atoms with Gasteiger partial charge in [0, 0.05) is 0 Å². The fourth-order valence-corrected chi connectivity index (χ4v) is 2.01. The Morgan fingerprint density at radius 1 is 0.793 bits per heavy atom. The highest BCUT2D eigenvalue weighted by Crippen LogP contribution is 2.02. The van der Waals surface area contributed by atoms with Crippen LogP contribution in [0.5, 0.6) is 0 Å². The fraction of sp³-hybridized carbons (Fsp3) is 0.625. The van der Waals surface area contributed by atoms with Gasteiger partial charge in [0.15, 0.2) is 0 Å². The zero-order valence-electron chi connectivity index (χ0n) is 16.3. The van der Waals surface area contributed by atoms with Gasteiger partial charge in [-0.05, 0) is 12.8 Å². The molecule has 4 amide bonds. The van der Waals surface area contributed by atoms with E-state index in [9.17, 15) is 28.8 Å². The molecular weight excluding hydrogens is 390 g/mol. The minimum absolute atomic E-state index is 0.297. The van der Waals surface area contributed by atoms with Gasteiger partial charge in [-0.15, -0.1) is 0 Å². The summed E-state index contributed by atoms with van der Waals surface area (Å²) in [6.45, 7) is 4.45. The van der Waals surface area contributed by atoms with Crippen LogP contribution in [0.1, 0.15) is 33.6 Å². The quantitative estimate of drug-likeness (QED) is 0.170. The van der Waals surface area contributed by atoms with Crippen molar-refractivity contribution in [1.29, 1.82) is 0 Å². The van der Waals surface area contributed by atoms with Crippen molar-refractivity contribution in [2.24, 2.45) is 17.4 Å². The van der Waals surface area contributed by atoms with Gasteiger partial charge in [-0.2, -0.15) is 0 Å². The molecule has 29 heavy (non-hydrogen) atoms. The van der Waals surface area contributed by atoms with E-state index in [1.807, 2.05) is 0 Å². The molecule has 0 heterocycles. The van der Waals surface area contributed by atoms with Crippen molar-refractivity contribution in [3.63, 3.8) is 0 Å². The van der Waals surface area contributed by atoms with Gasteiger partial charge in [-0.1, -0.05) is 13.8 Å². The number of hydrogen-bond donors (Lipinski definition) is 7. The molecule has 0 aliphatic carbocycles. The molecule has 0 spiro atoms. The van der Waals surface area contributed by atoms with Crippen LogP contribution >= 0.6 is 0 Å². The van der Waals surface area contributed by atoms with Crippen LogP contribution in [0.25, 0.3) is 0 Å². The Hall–Kier alpha value is -3.22. The first-order valence-electron chi connectivity index (χ1n) is 8.65. The number of amides is 4. The maximum atomic E-state index is 12.4. The van der Waals surface area contributed by atoms with Gasteiger partial charge >= 0.3 is 11.9 Å². The number of hydrogen-bond acceptors (Lipinski definition) is 7. The molecule has 0 fully saturated rings. The molecule has 9 N–H and O–H groups in total. The SMILES string of the molecule is CC(NC(=O)C(CC(N)=O)NC(=O)C(CC(=O)O)NC(=O)C(N)C(C)C)C(=O)O. The third-order valence-corrected chi connectivity index (χ3v) is 3.80. The largest absolute Gasteiger partial charge is 0.481 e. The van der Waals surface area contributed by atoms with Gasteiger partial charge < -0.3 is 37.6 Å². The first kappa shape index (κ1) is 25.8. The highest BCUT2D eigenvalue weighted by molar-refractivity contribution is 5.97. The molecular formula is C16H27N5O8.